The fourth-order valence-electron chi connectivity index (χ4n) is 2.53. The van der Waals surface area contributed by atoms with Gasteiger partial charge in [0.15, 0.2) is 5.16 Å². The highest BCUT2D eigenvalue weighted by atomic mass is 35.5. The average Bonchev–Trinajstić information content (AvgIpc) is 2.77. The van der Waals surface area contributed by atoms with E-state index in [-0.39, 0.29) is 11.2 Å². The lowest BCUT2D eigenvalue weighted by Gasteiger charge is -2.12. The quantitative estimate of drug-likeness (QED) is 0.852. The Morgan fingerprint density at radius 2 is 2.04 bits per heavy atom. The molecule has 1 aromatic heterocycles. The summed E-state index contributed by atoms with van der Waals surface area (Å²) in [5.74, 6) is 0.985. The monoisotopic (exact) mass is 350 g/mol. The van der Waals surface area contributed by atoms with E-state index in [0.717, 1.165) is 42.5 Å². The van der Waals surface area contributed by atoms with Crippen LogP contribution in [-0.2, 0) is 17.8 Å². The number of aromatic nitrogens is 3. The third-order valence-electron chi connectivity index (χ3n) is 3.84. The number of hydrogen-bond donors (Lipinski definition) is 1. The standard InChI is InChI=1S/C16H19ClN4OS/c1-11(15(22)18-13-8-6-12(17)7-9-13)23-16-20-19-14-5-3-2-4-10-21(14)16/h6-9,11H,2-5,10H2,1H3,(H,18,22)/t11-/m0/s1. The van der Waals surface area contributed by atoms with Crippen molar-refractivity contribution in [3.63, 3.8) is 0 Å². The first-order valence-corrected chi connectivity index (χ1v) is 9.04. The van der Waals surface area contributed by atoms with E-state index in [1.807, 2.05) is 6.92 Å². The van der Waals surface area contributed by atoms with Gasteiger partial charge in [0, 0.05) is 23.7 Å². The second kappa shape index (κ2) is 7.36. The SMILES string of the molecule is C[C@H](Sc1nnc2n1CCCCC2)C(=O)Nc1ccc(Cl)cc1. The molecule has 7 heteroatoms. The Morgan fingerprint density at radius 3 is 2.83 bits per heavy atom. The first kappa shape index (κ1) is 16.3. The van der Waals surface area contributed by atoms with Crippen LogP contribution in [0.5, 0.6) is 0 Å². The Hall–Kier alpha value is -1.53. The molecule has 0 unspecified atom stereocenters. The van der Waals surface area contributed by atoms with Gasteiger partial charge >= 0.3 is 0 Å². The zero-order valence-corrected chi connectivity index (χ0v) is 14.5. The molecule has 5 nitrogen and oxygen atoms in total. The van der Waals surface area contributed by atoms with Crippen LogP contribution in [0.15, 0.2) is 29.4 Å². The number of halogens is 1. The second-order valence-corrected chi connectivity index (χ2v) is 7.36. The van der Waals surface area contributed by atoms with E-state index in [0.29, 0.717) is 5.02 Å². The van der Waals surface area contributed by atoms with Gasteiger partial charge in [-0.1, -0.05) is 29.8 Å². The van der Waals surface area contributed by atoms with Gasteiger partial charge in [0.2, 0.25) is 5.91 Å². The van der Waals surface area contributed by atoms with Crippen LogP contribution in [0.3, 0.4) is 0 Å². The van der Waals surface area contributed by atoms with Crippen molar-refractivity contribution in [3.05, 3.63) is 35.1 Å². The van der Waals surface area contributed by atoms with Gasteiger partial charge in [-0.3, -0.25) is 4.79 Å². The number of hydrogen-bond acceptors (Lipinski definition) is 4. The molecule has 0 radical (unpaired) electrons. The maximum atomic E-state index is 12.3. The Morgan fingerprint density at radius 1 is 1.26 bits per heavy atom. The van der Waals surface area contributed by atoms with Crippen molar-refractivity contribution in [2.24, 2.45) is 0 Å². The van der Waals surface area contributed by atoms with Gasteiger partial charge in [0.25, 0.3) is 0 Å². The van der Waals surface area contributed by atoms with Crippen LogP contribution in [-0.4, -0.2) is 25.9 Å². The van der Waals surface area contributed by atoms with Crippen molar-refractivity contribution >= 4 is 35.0 Å². The molecule has 2 aromatic rings. The van der Waals surface area contributed by atoms with Gasteiger partial charge in [0.1, 0.15) is 5.82 Å². The molecule has 1 aromatic carbocycles. The summed E-state index contributed by atoms with van der Waals surface area (Å²) in [6, 6.07) is 7.10. The predicted octanol–water partition coefficient (Wildman–Crippen LogP) is 3.78. The number of nitrogens with one attached hydrogen (secondary N) is 1. The van der Waals surface area contributed by atoms with Crippen LogP contribution < -0.4 is 5.32 Å². The van der Waals surface area contributed by atoms with Gasteiger partial charge in [-0.15, -0.1) is 10.2 Å². The number of fused-ring (bicyclic) bond motifs is 1. The minimum atomic E-state index is -0.248. The molecule has 0 saturated heterocycles. The van der Waals surface area contributed by atoms with Crippen LogP contribution in [0.2, 0.25) is 5.02 Å². The molecule has 23 heavy (non-hydrogen) atoms. The van der Waals surface area contributed by atoms with E-state index in [4.69, 9.17) is 11.6 Å². The molecule has 0 saturated carbocycles. The number of anilines is 1. The first-order valence-electron chi connectivity index (χ1n) is 7.78. The van der Waals surface area contributed by atoms with Gasteiger partial charge in [-0.25, -0.2) is 0 Å². The van der Waals surface area contributed by atoms with Crippen LogP contribution in [0.4, 0.5) is 5.69 Å². The average molecular weight is 351 g/mol. The van der Waals surface area contributed by atoms with Crippen molar-refractivity contribution in [1.82, 2.24) is 14.8 Å². The van der Waals surface area contributed by atoms with Crippen LogP contribution in [0.1, 0.15) is 32.0 Å². The normalized spacial score (nSPS) is 15.6. The zero-order valence-electron chi connectivity index (χ0n) is 13.0. The molecule has 1 atom stereocenters. The van der Waals surface area contributed by atoms with E-state index in [2.05, 4.69) is 20.1 Å². The van der Waals surface area contributed by atoms with Crippen molar-refractivity contribution in [2.45, 2.75) is 49.6 Å². The van der Waals surface area contributed by atoms with Gasteiger partial charge in [0.05, 0.1) is 5.25 Å². The maximum Gasteiger partial charge on any atom is 0.237 e. The lowest BCUT2D eigenvalue weighted by molar-refractivity contribution is -0.115. The fraction of sp³-hybridized carbons (Fsp3) is 0.438. The lowest BCUT2D eigenvalue weighted by Crippen LogP contribution is -2.23. The summed E-state index contributed by atoms with van der Waals surface area (Å²) < 4.78 is 2.16. The van der Waals surface area contributed by atoms with E-state index >= 15 is 0 Å². The highest BCUT2D eigenvalue weighted by Crippen LogP contribution is 2.26. The molecular formula is C16H19ClN4OS. The van der Waals surface area contributed by atoms with E-state index in [9.17, 15) is 4.79 Å². The fourth-order valence-corrected chi connectivity index (χ4v) is 3.55. The minimum Gasteiger partial charge on any atom is -0.325 e. The molecule has 1 N–H and O–H groups in total. The molecule has 2 heterocycles. The van der Waals surface area contributed by atoms with Crippen molar-refractivity contribution < 1.29 is 4.79 Å². The number of carbonyl (C=O) groups is 1. The van der Waals surface area contributed by atoms with Gasteiger partial charge in [-0.2, -0.15) is 0 Å². The highest BCUT2D eigenvalue weighted by Gasteiger charge is 2.21. The van der Waals surface area contributed by atoms with E-state index in [1.54, 1.807) is 24.3 Å². The number of carbonyl (C=O) groups excluding carboxylic acids is 1. The van der Waals surface area contributed by atoms with Crippen LogP contribution in [0.25, 0.3) is 0 Å². The number of aryl methyl sites for hydroxylation is 1. The summed E-state index contributed by atoms with van der Waals surface area (Å²) >= 11 is 7.31. The Balaban J connectivity index is 1.64. The van der Waals surface area contributed by atoms with Crippen LogP contribution in [0, 0.1) is 0 Å². The number of nitrogens with zero attached hydrogens (tertiary/aromatic N) is 3. The first-order chi connectivity index (χ1) is 11.1. The van der Waals surface area contributed by atoms with Gasteiger partial charge in [-0.05, 0) is 44.0 Å². The Labute approximate surface area is 144 Å². The van der Waals surface area contributed by atoms with Crippen LogP contribution >= 0.6 is 23.4 Å². The predicted molar refractivity (Wildman–Crippen MR) is 93.0 cm³/mol. The molecule has 1 aliphatic rings. The number of benzene rings is 1. The Bertz CT molecular complexity index is 686. The lowest BCUT2D eigenvalue weighted by atomic mass is 10.2. The molecule has 0 spiro atoms. The molecular weight excluding hydrogens is 332 g/mol. The molecule has 0 bridgehead atoms. The van der Waals surface area contributed by atoms with Gasteiger partial charge < -0.3 is 9.88 Å². The number of amides is 1. The second-order valence-electron chi connectivity index (χ2n) is 5.62. The number of rotatable bonds is 4. The summed E-state index contributed by atoms with van der Waals surface area (Å²) in [5, 5.41) is 12.7. The summed E-state index contributed by atoms with van der Waals surface area (Å²) in [6.45, 7) is 2.82. The molecule has 1 amide bonds. The summed E-state index contributed by atoms with van der Waals surface area (Å²) in [4.78, 5) is 12.3. The summed E-state index contributed by atoms with van der Waals surface area (Å²) in [7, 11) is 0. The van der Waals surface area contributed by atoms with E-state index < -0.39 is 0 Å². The topological polar surface area (TPSA) is 59.8 Å². The molecule has 1 aliphatic heterocycles. The maximum absolute atomic E-state index is 12.3. The summed E-state index contributed by atoms with van der Waals surface area (Å²) in [5.41, 5.74) is 0.743. The van der Waals surface area contributed by atoms with Crippen molar-refractivity contribution in [3.8, 4) is 0 Å². The van der Waals surface area contributed by atoms with Crippen molar-refractivity contribution in [2.75, 3.05) is 5.32 Å². The third kappa shape index (κ3) is 4.06. The number of thioether (sulfide) groups is 1. The largest absolute Gasteiger partial charge is 0.325 e. The zero-order chi connectivity index (χ0) is 16.2. The third-order valence-corrected chi connectivity index (χ3v) is 5.17. The van der Waals surface area contributed by atoms with E-state index in [1.165, 1.54) is 18.2 Å². The highest BCUT2D eigenvalue weighted by molar-refractivity contribution is 8.00. The Kier molecular flexibility index (Phi) is 5.23. The van der Waals surface area contributed by atoms with Crippen molar-refractivity contribution in [1.29, 1.82) is 0 Å². The minimum absolute atomic E-state index is 0.0525. The molecule has 0 aliphatic carbocycles. The molecule has 122 valence electrons. The summed E-state index contributed by atoms with van der Waals surface area (Å²) in [6.07, 6.45) is 4.50. The molecule has 0 fully saturated rings. The smallest absolute Gasteiger partial charge is 0.237 e. The molecule has 3 rings (SSSR count).